The predicted octanol–water partition coefficient (Wildman–Crippen LogP) is 3.69. The molecule has 144 valence electrons. The molecule has 0 amide bonds. The van der Waals surface area contributed by atoms with Crippen molar-refractivity contribution in [1.29, 1.82) is 0 Å². The fraction of sp³-hybridized carbons (Fsp3) is 0.238. The molecular formula is C21H22FN5O. The van der Waals surface area contributed by atoms with Crippen molar-refractivity contribution >= 4 is 23.0 Å². The van der Waals surface area contributed by atoms with Gasteiger partial charge in [-0.05, 0) is 36.4 Å². The van der Waals surface area contributed by atoms with Gasteiger partial charge in [-0.25, -0.2) is 14.4 Å². The molecule has 0 spiro atoms. The van der Waals surface area contributed by atoms with Crippen LogP contribution in [0.25, 0.3) is 0 Å². The van der Waals surface area contributed by atoms with Crippen molar-refractivity contribution in [2.75, 3.05) is 48.4 Å². The third-order valence-corrected chi connectivity index (χ3v) is 4.80. The van der Waals surface area contributed by atoms with E-state index in [4.69, 9.17) is 4.74 Å². The standard InChI is InChI=1S/C21H22FN5O/c1-28-19-5-3-2-4-18(19)26-10-12-27(13-11-26)21-14-20(23-15-24-21)25-17-8-6-16(22)7-9-17/h2-9,14-15H,10-13H2,1H3,(H,23,24,25). The Balaban J connectivity index is 1.42. The number of ether oxygens (including phenoxy) is 1. The van der Waals surface area contributed by atoms with E-state index in [0.717, 1.165) is 49.1 Å². The first-order valence-electron chi connectivity index (χ1n) is 9.20. The minimum atomic E-state index is -0.262. The van der Waals surface area contributed by atoms with Crippen LogP contribution in [0.2, 0.25) is 0 Å². The van der Waals surface area contributed by atoms with Crippen LogP contribution in [-0.2, 0) is 0 Å². The normalized spacial score (nSPS) is 14.1. The molecule has 6 nitrogen and oxygen atoms in total. The molecule has 0 atom stereocenters. The van der Waals surface area contributed by atoms with Crippen molar-refractivity contribution in [3.63, 3.8) is 0 Å². The molecule has 7 heteroatoms. The number of aromatic nitrogens is 2. The van der Waals surface area contributed by atoms with Crippen LogP contribution in [0.4, 0.5) is 27.4 Å². The highest BCUT2D eigenvalue weighted by atomic mass is 19.1. The molecule has 4 rings (SSSR count). The Bertz CT molecular complexity index is 926. The van der Waals surface area contributed by atoms with E-state index < -0.39 is 0 Å². The monoisotopic (exact) mass is 379 g/mol. The summed E-state index contributed by atoms with van der Waals surface area (Å²) >= 11 is 0. The summed E-state index contributed by atoms with van der Waals surface area (Å²) < 4.78 is 18.5. The quantitative estimate of drug-likeness (QED) is 0.730. The number of rotatable bonds is 5. The molecule has 2 aromatic carbocycles. The van der Waals surface area contributed by atoms with Crippen LogP contribution in [0.3, 0.4) is 0 Å². The maximum absolute atomic E-state index is 13.1. The van der Waals surface area contributed by atoms with Gasteiger partial charge in [-0.1, -0.05) is 12.1 Å². The number of para-hydroxylation sites is 2. The number of nitrogens with zero attached hydrogens (tertiary/aromatic N) is 4. The summed E-state index contributed by atoms with van der Waals surface area (Å²) in [7, 11) is 1.70. The molecule has 2 heterocycles. The zero-order valence-electron chi connectivity index (χ0n) is 15.7. The fourth-order valence-corrected chi connectivity index (χ4v) is 3.34. The lowest BCUT2D eigenvalue weighted by Crippen LogP contribution is -2.47. The van der Waals surface area contributed by atoms with Gasteiger partial charge in [0.15, 0.2) is 0 Å². The Morgan fingerprint density at radius 2 is 1.64 bits per heavy atom. The average Bonchev–Trinajstić information content (AvgIpc) is 2.76. The zero-order chi connectivity index (χ0) is 19.3. The third kappa shape index (κ3) is 3.98. The summed E-state index contributed by atoms with van der Waals surface area (Å²) in [5.74, 6) is 2.19. The van der Waals surface area contributed by atoms with Crippen molar-refractivity contribution in [3.05, 3.63) is 66.7 Å². The van der Waals surface area contributed by atoms with Gasteiger partial charge in [0.2, 0.25) is 0 Å². The number of methoxy groups -OCH3 is 1. The molecule has 1 fully saturated rings. The molecular weight excluding hydrogens is 357 g/mol. The highest BCUT2D eigenvalue weighted by Crippen LogP contribution is 2.29. The molecule has 28 heavy (non-hydrogen) atoms. The molecule has 1 N–H and O–H groups in total. The summed E-state index contributed by atoms with van der Waals surface area (Å²) in [5.41, 5.74) is 1.90. The Labute approximate surface area is 163 Å². The second-order valence-electron chi connectivity index (χ2n) is 6.54. The Kier molecular flexibility index (Phi) is 5.23. The summed E-state index contributed by atoms with van der Waals surface area (Å²) in [6.07, 6.45) is 1.55. The Morgan fingerprint density at radius 3 is 2.39 bits per heavy atom. The molecule has 3 aromatic rings. The van der Waals surface area contributed by atoms with E-state index in [1.165, 1.54) is 12.1 Å². The fourth-order valence-electron chi connectivity index (χ4n) is 3.34. The van der Waals surface area contributed by atoms with Crippen LogP contribution in [0.5, 0.6) is 5.75 Å². The number of benzene rings is 2. The molecule has 1 aliphatic heterocycles. The summed E-state index contributed by atoms with van der Waals surface area (Å²) in [4.78, 5) is 13.3. The Hall–Kier alpha value is -3.35. The highest BCUT2D eigenvalue weighted by molar-refractivity contribution is 5.61. The topological polar surface area (TPSA) is 53.5 Å². The molecule has 0 saturated carbocycles. The van der Waals surface area contributed by atoms with E-state index >= 15 is 0 Å². The van der Waals surface area contributed by atoms with Crippen molar-refractivity contribution in [3.8, 4) is 5.75 Å². The van der Waals surface area contributed by atoms with Gasteiger partial charge >= 0.3 is 0 Å². The first-order valence-corrected chi connectivity index (χ1v) is 9.20. The van der Waals surface area contributed by atoms with Gasteiger partial charge in [-0.2, -0.15) is 0 Å². The number of hydrogen-bond donors (Lipinski definition) is 1. The van der Waals surface area contributed by atoms with Gasteiger partial charge in [0.05, 0.1) is 12.8 Å². The summed E-state index contributed by atoms with van der Waals surface area (Å²) in [6, 6.07) is 16.2. The number of halogens is 1. The number of nitrogens with one attached hydrogen (secondary N) is 1. The van der Waals surface area contributed by atoms with E-state index in [1.807, 2.05) is 24.3 Å². The minimum Gasteiger partial charge on any atom is -0.495 e. The molecule has 0 bridgehead atoms. The molecule has 1 aromatic heterocycles. The van der Waals surface area contributed by atoms with Crippen molar-refractivity contribution in [2.24, 2.45) is 0 Å². The lowest BCUT2D eigenvalue weighted by molar-refractivity contribution is 0.413. The largest absolute Gasteiger partial charge is 0.495 e. The molecule has 1 aliphatic rings. The van der Waals surface area contributed by atoms with Crippen LogP contribution in [0, 0.1) is 5.82 Å². The van der Waals surface area contributed by atoms with E-state index in [9.17, 15) is 4.39 Å². The van der Waals surface area contributed by atoms with Gasteiger partial charge in [-0.3, -0.25) is 0 Å². The van der Waals surface area contributed by atoms with E-state index in [1.54, 1.807) is 25.6 Å². The van der Waals surface area contributed by atoms with Crippen LogP contribution >= 0.6 is 0 Å². The van der Waals surface area contributed by atoms with Crippen LogP contribution < -0.4 is 19.9 Å². The Morgan fingerprint density at radius 1 is 0.929 bits per heavy atom. The molecule has 1 saturated heterocycles. The third-order valence-electron chi connectivity index (χ3n) is 4.80. The average molecular weight is 379 g/mol. The second kappa shape index (κ2) is 8.12. The smallest absolute Gasteiger partial charge is 0.142 e. The second-order valence-corrected chi connectivity index (χ2v) is 6.54. The molecule has 0 aliphatic carbocycles. The minimum absolute atomic E-state index is 0.262. The van der Waals surface area contributed by atoms with Gasteiger partial charge in [0.25, 0.3) is 0 Å². The SMILES string of the molecule is COc1ccccc1N1CCN(c2cc(Nc3ccc(F)cc3)ncn2)CC1. The van der Waals surface area contributed by atoms with Crippen molar-refractivity contribution < 1.29 is 9.13 Å². The van der Waals surface area contributed by atoms with Gasteiger partial charge in [0, 0.05) is 37.9 Å². The van der Waals surface area contributed by atoms with E-state index in [0.29, 0.717) is 5.82 Å². The number of piperazine rings is 1. The maximum atomic E-state index is 13.1. The van der Waals surface area contributed by atoms with Gasteiger partial charge in [-0.15, -0.1) is 0 Å². The van der Waals surface area contributed by atoms with E-state index in [-0.39, 0.29) is 5.82 Å². The molecule has 0 radical (unpaired) electrons. The van der Waals surface area contributed by atoms with E-state index in [2.05, 4.69) is 31.2 Å². The number of anilines is 4. The summed E-state index contributed by atoms with van der Waals surface area (Å²) in [5, 5.41) is 3.19. The van der Waals surface area contributed by atoms with Crippen molar-refractivity contribution in [1.82, 2.24) is 9.97 Å². The lowest BCUT2D eigenvalue weighted by atomic mass is 10.2. The number of hydrogen-bond acceptors (Lipinski definition) is 6. The zero-order valence-corrected chi connectivity index (χ0v) is 15.7. The molecule has 0 unspecified atom stereocenters. The van der Waals surface area contributed by atoms with Crippen molar-refractivity contribution in [2.45, 2.75) is 0 Å². The summed E-state index contributed by atoms with van der Waals surface area (Å²) in [6.45, 7) is 3.46. The maximum Gasteiger partial charge on any atom is 0.142 e. The highest BCUT2D eigenvalue weighted by Gasteiger charge is 2.20. The van der Waals surface area contributed by atoms with Crippen LogP contribution in [0.15, 0.2) is 60.9 Å². The van der Waals surface area contributed by atoms with Gasteiger partial charge < -0.3 is 19.9 Å². The predicted molar refractivity (Wildman–Crippen MR) is 109 cm³/mol. The lowest BCUT2D eigenvalue weighted by Gasteiger charge is -2.37. The first kappa shape index (κ1) is 18.0. The first-order chi connectivity index (χ1) is 13.7. The van der Waals surface area contributed by atoms with Crippen LogP contribution in [-0.4, -0.2) is 43.3 Å². The van der Waals surface area contributed by atoms with Gasteiger partial charge in [0.1, 0.15) is 29.5 Å². The van der Waals surface area contributed by atoms with Crippen LogP contribution in [0.1, 0.15) is 0 Å².